The standard InChI is InChI=1S/C46H40N3O2/c1-27(2)34-23-32(30-15-9-7-10-16-30)24-35(28(3)4)43(34)49-39-20-14-13-19-38(39)48(6)46(49)42-29(5)21-22-33-36-25-41-37(26-40(36)50-44(33)42)47-45(51-41)31-17-11-8-12-18-31/h7-28H,1-6H3/q+1. The van der Waals surface area contributed by atoms with Gasteiger partial charge in [-0.15, -0.1) is 0 Å². The molecule has 0 unspecified atom stereocenters. The highest BCUT2D eigenvalue weighted by Crippen LogP contribution is 2.43. The number of rotatable bonds is 6. The first-order chi connectivity index (χ1) is 24.8. The summed E-state index contributed by atoms with van der Waals surface area (Å²) in [6.07, 6.45) is 0. The van der Waals surface area contributed by atoms with Gasteiger partial charge in [0.2, 0.25) is 5.89 Å². The molecule has 0 saturated heterocycles. The summed E-state index contributed by atoms with van der Waals surface area (Å²) in [4.78, 5) is 4.84. The fraction of sp³-hybridized carbons (Fsp3) is 0.174. The monoisotopic (exact) mass is 666 g/mol. The van der Waals surface area contributed by atoms with Crippen molar-refractivity contribution in [1.82, 2.24) is 9.55 Å². The number of para-hydroxylation sites is 2. The number of nitrogens with zero attached hydrogens (tertiary/aromatic N) is 3. The average Bonchev–Trinajstić information content (AvgIpc) is 3.82. The normalized spacial score (nSPS) is 12.1. The molecule has 0 atom stereocenters. The Balaban J connectivity index is 1.34. The zero-order valence-corrected chi connectivity index (χ0v) is 29.9. The Labute approximate surface area is 297 Å². The fourth-order valence-corrected chi connectivity index (χ4v) is 7.78. The quantitative estimate of drug-likeness (QED) is 0.166. The zero-order chi connectivity index (χ0) is 35.0. The lowest BCUT2D eigenvalue weighted by Gasteiger charge is -2.21. The molecule has 0 radical (unpaired) electrons. The van der Waals surface area contributed by atoms with Gasteiger partial charge in [0.15, 0.2) is 22.2 Å². The Morgan fingerprint density at radius 1 is 0.627 bits per heavy atom. The molecule has 9 aromatic rings. The lowest BCUT2D eigenvalue weighted by Crippen LogP contribution is -2.30. The van der Waals surface area contributed by atoms with Crippen LogP contribution in [0.25, 0.3) is 83.7 Å². The zero-order valence-electron chi connectivity index (χ0n) is 29.9. The van der Waals surface area contributed by atoms with Crippen LogP contribution in [0, 0.1) is 6.92 Å². The highest BCUT2D eigenvalue weighted by atomic mass is 16.4. The van der Waals surface area contributed by atoms with E-state index >= 15 is 0 Å². The van der Waals surface area contributed by atoms with Crippen LogP contribution in [0.5, 0.6) is 0 Å². The van der Waals surface area contributed by atoms with E-state index in [-0.39, 0.29) is 11.8 Å². The Morgan fingerprint density at radius 3 is 1.96 bits per heavy atom. The number of hydrogen-bond donors (Lipinski definition) is 0. The van der Waals surface area contributed by atoms with Crippen molar-refractivity contribution in [2.45, 2.75) is 46.5 Å². The first-order valence-corrected chi connectivity index (χ1v) is 17.8. The van der Waals surface area contributed by atoms with Crippen molar-refractivity contribution in [2.75, 3.05) is 0 Å². The molecule has 0 aliphatic rings. The lowest BCUT2D eigenvalue weighted by molar-refractivity contribution is -0.633. The molecule has 51 heavy (non-hydrogen) atoms. The molecular weight excluding hydrogens is 627 g/mol. The van der Waals surface area contributed by atoms with Gasteiger partial charge in [-0.05, 0) is 77.9 Å². The second-order valence-electron chi connectivity index (χ2n) is 14.3. The molecule has 9 rings (SSSR count). The van der Waals surface area contributed by atoms with Gasteiger partial charge in [0.05, 0.1) is 7.05 Å². The van der Waals surface area contributed by atoms with Crippen LogP contribution >= 0.6 is 0 Å². The molecule has 0 amide bonds. The SMILES string of the molecule is Cc1ccc2c(oc3cc4nc(-c5ccccc5)oc4cc32)c1-c1n(-c2c(C(C)C)cc(-c3ccccc3)cc2C(C)C)c2ccccc2[n+]1C. The minimum absolute atomic E-state index is 0.285. The highest BCUT2D eigenvalue weighted by Gasteiger charge is 2.34. The van der Waals surface area contributed by atoms with Crippen molar-refractivity contribution in [3.05, 3.63) is 138 Å². The number of aryl methyl sites for hydroxylation is 2. The summed E-state index contributed by atoms with van der Waals surface area (Å²) >= 11 is 0. The van der Waals surface area contributed by atoms with E-state index in [9.17, 15) is 0 Å². The van der Waals surface area contributed by atoms with Gasteiger partial charge in [0, 0.05) is 33.5 Å². The first kappa shape index (κ1) is 31.1. The topological polar surface area (TPSA) is 48.0 Å². The molecule has 3 heterocycles. The van der Waals surface area contributed by atoms with Gasteiger partial charge in [-0.2, -0.15) is 4.57 Å². The van der Waals surface area contributed by atoms with Crippen molar-refractivity contribution < 1.29 is 13.4 Å². The van der Waals surface area contributed by atoms with Gasteiger partial charge >= 0.3 is 0 Å². The minimum atomic E-state index is 0.285. The summed E-state index contributed by atoms with van der Waals surface area (Å²) in [6, 6.07) is 42.8. The largest absolute Gasteiger partial charge is 0.455 e. The molecule has 0 aliphatic heterocycles. The number of hydrogen-bond acceptors (Lipinski definition) is 3. The van der Waals surface area contributed by atoms with Crippen LogP contribution in [0.1, 0.15) is 56.2 Å². The third-order valence-electron chi connectivity index (χ3n) is 10.4. The smallest absolute Gasteiger partial charge is 0.299 e. The Kier molecular flexibility index (Phi) is 7.21. The van der Waals surface area contributed by atoms with E-state index < -0.39 is 0 Å². The molecule has 3 aromatic heterocycles. The van der Waals surface area contributed by atoms with Gasteiger partial charge < -0.3 is 8.83 Å². The molecule has 5 nitrogen and oxygen atoms in total. The maximum Gasteiger partial charge on any atom is 0.299 e. The van der Waals surface area contributed by atoms with Gasteiger partial charge in [-0.1, -0.05) is 100 Å². The van der Waals surface area contributed by atoms with E-state index in [4.69, 9.17) is 13.8 Å². The van der Waals surface area contributed by atoms with Crippen LogP contribution < -0.4 is 4.57 Å². The Bertz CT molecular complexity index is 2730. The predicted molar refractivity (Wildman–Crippen MR) is 209 cm³/mol. The molecule has 0 aliphatic carbocycles. The van der Waals surface area contributed by atoms with E-state index in [0.29, 0.717) is 5.89 Å². The summed E-state index contributed by atoms with van der Waals surface area (Å²) in [5.74, 6) is 2.26. The van der Waals surface area contributed by atoms with Crippen molar-refractivity contribution in [2.24, 2.45) is 7.05 Å². The summed E-state index contributed by atoms with van der Waals surface area (Å²) in [7, 11) is 2.18. The minimum Gasteiger partial charge on any atom is -0.455 e. The van der Waals surface area contributed by atoms with E-state index in [1.165, 1.54) is 27.9 Å². The van der Waals surface area contributed by atoms with E-state index in [1.54, 1.807) is 0 Å². The molecular formula is C46H40N3O2+. The molecule has 0 fully saturated rings. The van der Waals surface area contributed by atoms with Gasteiger partial charge in [-0.25, -0.2) is 9.55 Å². The summed E-state index contributed by atoms with van der Waals surface area (Å²) in [6.45, 7) is 11.4. The molecule has 0 spiro atoms. The van der Waals surface area contributed by atoms with Crippen molar-refractivity contribution in [3.8, 4) is 39.7 Å². The van der Waals surface area contributed by atoms with Gasteiger partial charge in [0.1, 0.15) is 22.4 Å². The fourth-order valence-electron chi connectivity index (χ4n) is 7.78. The molecule has 5 heteroatoms. The van der Waals surface area contributed by atoms with E-state index in [2.05, 4.69) is 136 Å². The van der Waals surface area contributed by atoms with Crippen molar-refractivity contribution >= 4 is 44.1 Å². The van der Waals surface area contributed by atoms with Crippen LogP contribution in [0.3, 0.4) is 0 Å². The third kappa shape index (κ3) is 4.90. The molecule has 6 aromatic carbocycles. The second kappa shape index (κ2) is 11.8. The lowest BCUT2D eigenvalue weighted by atomic mass is 9.88. The molecule has 0 bridgehead atoms. The Hall–Kier alpha value is -5.94. The highest BCUT2D eigenvalue weighted by molar-refractivity contribution is 6.12. The van der Waals surface area contributed by atoms with Crippen molar-refractivity contribution in [1.29, 1.82) is 0 Å². The number of furan rings is 1. The molecule has 0 saturated carbocycles. The summed E-state index contributed by atoms with van der Waals surface area (Å²) in [5.41, 5.74) is 15.0. The summed E-state index contributed by atoms with van der Waals surface area (Å²) in [5, 5.41) is 2.06. The number of benzene rings is 6. The van der Waals surface area contributed by atoms with Crippen LogP contribution in [0.15, 0.2) is 130 Å². The van der Waals surface area contributed by atoms with Gasteiger partial charge in [-0.3, -0.25) is 0 Å². The van der Waals surface area contributed by atoms with Gasteiger partial charge in [0.25, 0.3) is 5.82 Å². The number of fused-ring (bicyclic) bond motifs is 5. The third-order valence-corrected chi connectivity index (χ3v) is 10.4. The Morgan fingerprint density at radius 2 is 1.27 bits per heavy atom. The van der Waals surface area contributed by atoms with Crippen LogP contribution in [-0.4, -0.2) is 9.55 Å². The second-order valence-corrected chi connectivity index (χ2v) is 14.3. The maximum atomic E-state index is 6.91. The number of aromatic nitrogens is 3. The molecule has 250 valence electrons. The van der Waals surface area contributed by atoms with E-state index in [1.807, 2.05) is 36.4 Å². The van der Waals surface area contributed by atoms with Crippen molar-refractivity contribution in [3.63, 3.8) is 0 Å². The molecule has 0 N–H and O–H groups in total. The van der Waals surface area contributed by atoms with Crippen LogP contribution in [0.4, 0.5) is 0 Å². The predicted octanol–water partition coefficient (Wildman–Crippen LogP) is 12.1. The van der Waals surface area contributed by atoms with E-state index in [0.717, 1.165) is 66.6 Å². The maximum absolute atomic E-state index is 6.91. The summed E-state index contributed by atoms with van der Waals surface area (Å²) < 4.78 is 18.1. The van der Waals surface area contributed by atoms with Crippen LogP contribution in [-0.2, 0) is 7.05 Å². The van der Waals surface area contributed by atoms with Crippen LogP contribution in [0.2, 0.25) is 0 Å². The first-order valence-electron chi connectivity index (χ1n) is 17.8. The number of oxazole rings is 1. The average molecular weight is 667 g/mol. The number of imidazole rings is 1.